The van der Waals surface area contributed by atoms with Gasteiger partial charge in [0.25, 0.3) is 0 Å². The minimum Gasteiger partial charge on any atom is -0.485 e. The van der Waals surface area contributed by atoms with Gasteiger partial charge in [-0.25, -0.2) is 4.98 Å². The molecule has 0 spiro atoms. The van der Waals surface area contributed by atoms with Crippen LogP contribution in [0.4, 0.5) is 0 Å². The average Bonchev–Trinajstić information content (AvgIpc) is 2.80. The summed E-state index contributed by atoms with van der Waals surface area (Å²) in [5, 5.41) is 16.8. The van der Waals surface area contributed by atoms with Crippen LogP contribution < -0.4 is 10.1 Å². The lowest BCUT2D eigenvalue weighted by molar-refractivity contribution is -0.0647. The lowest BCUT2D eigenvalue weighted by Crippen LogP contribution is -2.52. The van der Waals surface area contributed by atoms with Crippen LogP contribution in [0.5, 0.6) is 5.75 Å². The van der Waals surface area contributed by atoms with Crippen LogP contribution in [0.1, 0.15) is 36.6 Å². The first kappa shape index (κ1) is 28.5. The second-order valence-corrected chi connectivity index (χ2v) is 10.1. The molecule has 0 radical (unpaired) electrons. The van der Waals surface area contributed by atoms with Gasteiger partial charge in [-0.05, 0) is 68.3 Å². The Morgan fingerprint density at radius 1 is 1.03 bits per heavy atom. The normalized spacial score (nSPS) is 17.9. The highest BCUT2D eigenvalue weighted by molar-refractivity contribution is 6.30. The highest BCUT2D eigenvalue weighted by Crippen LogP contribution is 2.42. The third kappa shape index (κ3) is 5.57. The fraction of sp³-hybridized carbons (Fsp3) is 0.259. The summed E-state index contributed by atoms with van der Waals surface area (Å²) < 4.78 is 6.21. The first-order valence-corrected chi connectivity index (χ1v) is 11.9. The van der Waals surface area contributed by atoms with E-state index in [9.17, 15) is 5.11 Å². The molecule has 5 nitrogen and oxygen atoms in total. The van der Waals surface area contributed by atoms with Gasteiger partial charge in [0.15, 0.2) is 0 Å². The standard InChI is InChI=1S/C27H25Cl2N3O2.2ClH/c1-15-10-24(29)32-22-11-20-23(12-19(15)22)34-27(2,3)26(33)25(20)31-14-16-4-9-21(30-13-16)17-5-7-18(28)8-6-17;;/h4-13,25-26,31,33H,14H2,1-3H3;2*1H/t25-,26+;;/m0../s1. The minimum absolute atomic E-state index is 0. The van der Waals surface area contributed by atoms with Gasteiger partial charge in [0.2, 0.25) is 0 Å². The van der Waals surface area contributed by atoms with Gasteiger partial charge in [-0.2, -0.15) is 0 Å². The van der Waals surface area contributed by atoms with Crippen molar-refractivity contribution < 1.29 is 9.84 Å². The number of aliphatic hydroxyl groups is 1. The average molecular weight is 567 g/mol. The number of rotatable bonds is 4. The number of aryl methyl sites for hydroxylation is 1. The zero-order chi connectivity index (χ0) is 24.0. The summed E-state index contributed by atoms with van der Waals surface area (Å²) in [6.45, 7) is 6.33. The molecular formula is C27H27Cl4N3O2. The first-order valence-electron chi connectivity index (χ1n) is 11.1. The molecule has 0 bridgehead atoms. The number of fused-ring (bicyclic) bond motifs is 2. The Bertz CT molecular complexity index is 1360. The molecule has 190 valence electrons. The van der Waals surface area contributed by atoms with Crippen LogP contribution in [0.3, 0.4) is 0 Å². The largest absolute Gasteiger partial charge is 0.485 e. The van der Waals surface area contributed by atoms with Gasteiger partial charge in [0, 0.05) is 34.3 Å². The highest BCUT2D eigenvalue weighted by atomic mass is 35.5. The molecule has 2 N–H and O–H groups in total. The van der Waals surface area contributed by atoms with Gasteiger partial charge in [-0.1, -0.05) is 41.4 Å². The van der Waals surface area contributed by atoms with E-state index in [-0.39, 0.29) is 30.9 Å². The van der Waals surface area contributed by atoms with Gasteiger partial charge in [-0.3, -0.25) is 4.98 Å². The molecular weight excluding hydrogens is 540 g/mol. The van der Waals surface area contributed by atoms with Crippen molar-refractivity contribution in [3.05, 3.63) is 87.7 Å². The molecule has 2 aromatic carbocycles. The monoisotopic (exact) mass is 565 g/mol. The van der Waals surface area contributed by atoms with Crippen LogP contribution >= 0.6 is 48.0 Å². The number of hydrogen-bond acceptors (Lipinski definition) is 5. The van der Waals surface area contributed by atoms with Crippen molar-refractivity contribution in [2.75, 3.05) is 0 Å². The molecule has 2 aromatic heterocycles. The fourth-order valence-electron chi connectivity index (χ4n) is 4.41. The van der Waals surface area contributed by atoms with Gasteiger partial charge in [-0.15, -0.1) is 24.8 Å². The van der Waals surface area contributed by atoms with Crippen LogP contribution in [0.2, 0.25) is 10.2 Å². The zero-order valence-corrected chi connectivity index (χ0v) is 23.1. The number of hydrogen-bond donors (Lipinski definition) is 2. The number of ether oxygens (including phenoxy) is 1. The Kier molecular flexibility index (Phi) is 8.77. The molecule has 0 saturated heterocycles. The summed E-state index contributed by atoms with van der Waals surface area (Å²) in [7, 11) is 0. The van der Waals surface area contributed by atoms with Crippen molar-refractivity contribution in [1.29, 1.82) is 0 Å². The van der Waals surface area contributed by atoms with E-state index >= 15 is 0 Å². The van der Waals surface area contributed by atoms with E-state index in [1.807, 2.05) is 81.6 Å². The summed E-state index contributed by atoms with van der Waals surface area (Å²) in [6.07, 6.45) is 1.08. The molecule has 1 aliphatic heterocycles. The molecule has 5 rings (SSSR count). The van der Waals surface area contributed by atoms with Crippen molar-refractivity contribution in [3.63, 3.8) is 0 Å². The highest BCUT2D eigenvalue weighted by Gasteiger charge is 2.43. The fourth-order valence-corrected chi connectivity index (χ4v) is 4.79. The van der Waals surface area contributed by atoms with Crippen molar-refractivity contribution in [2.45, 2.75) is 45.1 Å². The zero-order valence-electron chi connectivity index (χ0n) is 20.0. The Morgan fingerprint density at radius 2 is 1.75 bits per heavy atom. The molecule has 0 aliphatic carbocycles. The van der Waals surface area contributed by atoms with Crippen LogP contribution in [0.15, 0.2) is 60.8 Å². The summed E-state index contributed by atoms with van der Waals surface area (Å²) in [4.78, 5) is 9.08. The van der Waals surface area contributed by atoms with Gasteiger partial charge < -0.3 is 15.2 Å². The van der Waals surface area contributed by atoms with Gasteiger partial charge in [0.05, 0.1) is 17.3 Å². The molecule has 2 atom stereocenters. The van der Waals surface area contributed by atoms with Gasteiger partial charge >= 0.3 is 0 Å². The Morgan fingerprint density at radius 3 is 2.42 bits per heavy atom. The van der Waals surface area contributed by atoms with E-state index in [1.165, 1.54) is 0 Å². The maximum Gasteiger partial charge on any atom is 0.131 e. The third-order valence-electron chi connectivity index (χ3n) is 6.34. The van der Waals surface area contributed by atoms with Crippen LogP contribution in [-0.2, 0) is 6.54 Å². The lowest BCUT2D eigenvalue weighted by Gasteiger charge is -2.42. The molecule has 1 aliphatic rings. The number of aliphatic hydroxyl groups excluding tert-OH is 1. The molecule has 0 saturated carbocycles. The number of nitrogens with one attached hydrogen (secondary N) is 1. The van der Waals surface area contributed by atoms with Crippen molar-refractivity contribution in [2.24, 2.45) is 0 Å². The number of nitrogens with zero attached hydrogens (tertiary/aromatic N) is 2. The van der Waals surface area contributed by atoms with Crippen LogP contribution in [0, 0.1) is 6.92 Å². The van der Waals surface area contributed by atoms with Crippen LogP contribution in [0.25, 0.3) is 22.2 Å². The van der Waals surface area contributed by atoms with Gasteiger partial charge in [0.1, 0.15) is 22.6 Å². The number of benzene rings is 2. The SMILES string of the molecule is Cc1cc(Cl)nc2cc3c(cc12)OC(C)(C)[C@H](O)[C@H]3NCc1ccc(-c2ccc(Cl)cc2)nc1.Cl.Cl. The lowest BCUT2D eigenvalue weighted by atomic mass is 9.85. The van der Waals surface area contributed by atoms with Crippen molar-refractivity contribution in [3.8, 4) is 17.0 Å². The summed E-state index contributed by atoms with van der Waals surface area (Å²) in [6, 6.07) is 17.1. The van der Waals surface area contributed by atoms with Crippen molar-refractivity contribution in [1.82, 2.24) is 15.3 Å². The molecule has 0 amide bonds. The van der Waals surface area contributed by atoms with E-state index in [4.69, 9.17) is 27.9 Å². The number of aromatic nitrogens is 2. The summed E-state index contributed by atoms with van der Waals surface area (Å²) in [5.41, 5.74) is 4.80. The van der Waals surface area contributed by atoms with E-state index in [1.54, 1.807) is 0 Å². The maximum absolute atomic E-state index is 11.2. The second-order valence-electron chi connectivity index (χ2n) is 9.24. The van der Waals surface area contributed by atoms with Crippen molar-refractivity contribution >= 4 is 58.9 Å². The summed E-state index contributed by atoms with van der Waals surface area (Å²) in [5.74, 6) is 0.740. The molecule has 9 heteroatoms. The predicted octanol–water partition coefficient (Wildman–Crippen LogP) is 7.12. The second kappa shape index (κ2) is 11.1. The molecule has 36 heavy (non-hydrogen) atoms. The Balaban J connectivity index is 0.00000180. The maximum atomic E-state index is 11.2. The van der Waals surface area contributed by atoms with E-state index in [0.717, 1.165) is 44.6 Å². The Hall–Kier alpha value is -2.12. The van der Waals surface area contributed by atoms with Crippen LogP contribution in [-0.4, -0.2) is 26.8 Å². The quantitative estimate of drug-likeness (QED) is 0.257. The first-order chi connectivity index (χ1) is 16.2. The van der Waals surface area contributed by atoms with E-state index < -0.39 is 11.7 Å². The van der Waals surface area contributed by atoms with E-state index in [2.05, 4.69) is 15.3 Å². The smallest absolute Gasteiger partial charge is 0.131 e. The topological polar surface area (TPSA) is 67.3 Å². The summed E-state index contributed by atoms with van der Waals surface area (Å²) >= 11 is 12.2. The molecule has 0 fully saturated rings. The van der Waals surface area contributed by atoms with E-state index in [0.29, 0.717) is 16.7 Å². The molecule has 0 unspecified atom stereocenters. The predicted molar refractivity (Wildman–Crippen MR) is 151 cm³/mol. The number of halogens is 4. The number of pyridine rings is 2. The molecule has 4 aromatic rings. The third-order valence-corrected chi connectivity index (χ3v) is 6.79. The Labute approximate surface area is 233 Å². The minimum atomic E-state index is -0.765. The molecule has 3 heterocycles.